The highest BCUT2D eigenvalue weighted by molar-refractivity contribution is 5.89. The lowest BCUT2D eigenvalue weighted by atomic mass is 10.1. The number of nitrogens with one attached hydrogen (secondary N) is 1. The van der Waals surface area contributed by atoms with Gasteiger partial charge in [-0.15, -0.1) is 0 Å². The van der Waals surface area contributed by atoms with E-state index in [1.807, 2.05) is 19.0 Å². The lowest BCUT2D eigenvalue weighted by Gasteiger charge is -2.08. The fraction of sp³-hybridized carbons (Fsp3) is 0.333. The number of H-pyrrole nitrogens is 1. The van der Waals surface area contributed by atoms with Gasteiger partial charge in [0.25, 0.3) is 0 Å². The van der Waals surface area contributed by atoms with Gasteiger partial charge in [0.05, 0.1) is 10.9 Å². The first-order chi connectivity index (χ1) is 8.00. The van der Waals surface area contributed by atoms with Gasteiger partial charge in [0, 0.05) is 12.1 Å². The molecule has 0 amide bonds. The van der Waals surface area contributed by atoms with Crippen molar-refractivity contribution >= 4 is 10.9 Å². The minimum atomic E-state index is -0.581. The summed E-state index contributed by atoms with van der Waals surface area (Å²) in [4.78, 5) is 4.24. The Bertz CT molecular complexity index is 549. The third kappa shape index (κ3) is 2.10. The smallest absolute Gasteiger partial charge is 0.195 e. The van der Waals surface area contributed by atoms with Crippen molar-refractivity contribution in [1.82, 2.24) is 9.88 Å². The van der Waals surface area contributed by atoms with Crippen molar-refractivity contribution in [2.75, 3.05) is 20.6 Å². The minimum absolute atomic E-state index is 0.0243. The van der Waals surface area contributed by atoms with Gasteiger partial charge < -0.3 is 15.0 Å². The maximum Gasteiger partial charge on any atom is 0.195 e. The van der Waals surface area contributed by atoms with Crippen LogP contribution >= 0.6 is 0 Å². The van der Waals surface area contributed by atoms with Gasteiger partial charge >= 0.3 is 0 Å². The average Bonchev–Trinajstić information content (AvgIpc) is 2.59. The number of rotatable bonds is 3. The molecule has 17 heavy (non-hydrogen) atoms. The molecule has 0 aliphatic rings. The van der Waals surface area contributed by atoms with E-state index in [1.165, 1.54) is 6.07 Å². The van der Waals surface area contributed by atoms with Crippen molar-refractivity contribution in [2.24, 2.45) is 0 Å². The van der Waals surface area contributed by atoms with E-state index in [0.717, 1.165) is 6.07 Å². The molecule has 0 aliphatic carbocycles. The van der Waals surface area contributed by atoms with Crippen LogP contribution in [-0.2, 0) is 6.42 Å². The van der Waals surface area contributed by atoms with Crippen LogP contribution in [-0.4, -0.2) is 35.6 Å². The van der Waals surface area contributed by atoms with Crippen molar-refractivity contribution in [3.05, 3.63) is 29.5 Å². The molecule has 0 atom stereocenters. The predicted octanol–water partition coefficient (Wildman–Crippen LogP) is 2.26. The first kappa shape index (κ1) is 11.9. The van der Waals surface area contributed by atoms with Gasteiger partial charge in [0.2, 0.25) is 0 Å². The Kier molecular flexibility index (Phi) is 3.02. The van der Waals surface area contributed by atoms with Crippen LogP contribution in [0.2, 0.25) is 0 Å². The van der Waals surface area contributed by atoms with E-state index in [-0.39, 0.29) is 16.7 Å². The zero-order valence-corrected chi connectivity index (χ0v) is 9.72. The summed E-state index contributed by atoms with van der Waals surface area (Å²) in [6.07, 6.45) is 0.413. The van der Waals surface area contributed by atoms with Crippen molar-refractivity contribution in [3.8, 4) is 5.75 Å². The molecule has 0 spiro atoms. The molecule has 5 heteroatoms. The molecule has 1 aromatic heterocycles. The van der Waals surface area contributed by atoms with E-state index in [0.29, 0.717) is 18.5 Å². The SMILES string of the molecule is CN(C)CCc1c(F)[nH]c2c(F)ccc(O)c12. The van der Waals surface area contributed by atoms with Gasteiger partial charge in [-0.3, -0.25) is 0 Å². The number of halogens is 2. The highest BCUT2D eigenvalue weighted by Gasteiger charge is 2.17. The number of phenols is 1. The lowest BCUT2D eigenvalue weighted by molar-refractivity contribution is 0.410. The second-order valence-electron chi connectivity index (χ2n) is 4.29. The molecule has 0 aliphatic heterocycles. The number of nitrogens with zero attached hydrogens (tertiary/aromatic N) is 1. The summed E-state index contributed by atoms with van der Waals surface area (Å²) < 4.78 is 27.1. The summed E-state index contributed by atoms with van der Waals surface area (Å²) in [5.74, 6) is -1.25. The number of aromatic amines is 1. The van der Waals surface area contributed by atoms with Gasteiger partial charge in [-0.25, -0.2) is 4.39 Å². The van der Waals surface area contributed by atoms with Crippen molar-refractivity contribution in [3.63, 3.8) is 0 Å². The fourth-order valence-electron chi connectivity index (χ4n) is 1.86. The standard InChI is InChI=1S/C12H14F2N2O/c1-16(2)6-5-7-10-9(17)4-3-8(13)11(10)15-12(7)14/h3-4,15,17H,5-6H2,1-2H3. The summed E-state index contributed by atoms with van der Waals surface area (Å²) in [7, 11) is 3.74. The van der Waals surface area contributed by atoms with Crippen LogP contribution in [0.3, 0.4) is 0 Å². The number of aromatic hydroxyl groups is 1. The van der Waals surface area contributed by atoms with Crippen LogP contribution < -0.4 is 0 Å². The molecule has 2 aromatic rings. The van der Waals surface area contributed by atoms with Gasteiger partial charge in [-0.1, -0.05) is 0 Å². The Balaban J connectivity index is 2.54. The predicted molar refractivity (Wildman–Crippen MR) is 62.1 cm³/mol. The lowest BCUT2D eigenvalue weighted by Crippen LogP contribution is -2.15. The summed E-state index contributed by atoms with van der Waals surface area (Å²) in [6, 6.07) is 2.35. The van der Waals surface area contributed by atoms with Gasteiger partial charge in [-0.05, 0) is 32.6 Å². The number of fused-ring (bicyclic) bond motifs is 1. The summed E-state index contributed by atoms with van der Waals surface area (Å²) in [6.45, 7) is 0.625. The number of hydrogen-bond donors (Lipinski definition) is 2. The Labute approximate surface area is 97.7 Å². The zero-order chi connectivity index (χ0) is 12.6. The fourth-order valence-corrected chi connectivity index (χ4v) is 1.86. The van der Waals surface area contributed by atoms with E-state index in [2.05, 4.69) is 4.98 Å². The maximum atomic E-state index is 13.7. The number of aromatic nitrogens is 1. The Morgan fingerprint density at radius 3 is 2.65 bits per heavy atom. The van der Waals surface area contributed by atoms with Crippen molar-refractivity contribution < 1.29 is 13.9 Å². The van der Waals surface area contributed by atoms with Crippen LogP contribution in [0.1, 0.15) is 5.56 Å². The third-order valence-electron chi connectivity index (χ3n) is 2.74. The quantitative estimate of drug-likeness (QED) is 0.863. The topological polar surface area (TPSA) is 39.3 Å². The van der Waals surface area contributed by atoms with E-state index in [1.54, 1.807) is 0 Å². The third-order valence-corrected chi connectivity index (χ3v) is 2.74. The first-order valence-electron chi connectivity index (χ1n) is 5.33. The Morgan fingerprint density at radius 2 is 2.00 bits per heavy atom. The second kappa shape index (κ2) is 4.33. The zero-order valence-electron chi connectivity index (χ0n) is 9.72. The number of benzene rings is 1. The highest BCUT2D eigenvalue weighted by Crippen LogP contribution is 2.31. The van der Waals surface area contributed by atoms with Gasteiger partial charge in [0.15, 0.2) is 5.95 Å². The molecule has 0 saturated carbocycles. The van der Waals surface area contributed by atoms with E-state index in [4.69, 9.17) is 0 Å². The first-order valence-corrected chi connectivity index (χ1v) is 5.33. The van der Waals surface area contributed by atoms with Crippen LogP contribution in [0, 0.1) is 11.8 Å². The molecule has 0 radical (unpaired) electrons. The molecule has 3 nitrogen and oxygen atoms in total. The normalized spacial score (nSPS) is 11.6. The molecule has 0 unspecified atom stereocenters. The monoisotopic (exact) mass is 240 g/mol. The maximum absolute atomic E-state index is 13.7. The Hall–Kier alpha value is -1.62. The molecule has 0 fully saturated rings. The molecule has 0 bridgehead atoms. The minimum Gasteiger partial charge on any atom is -0.507 e. The molecular formula is C12H14F2N2O. The highest BCUT2D eigenvalue weighted by atomic mass is 19.1. The van der Waals surface area contributed by atoms with Crippen LogP contribution in [0.5, 0.6) is 5.75 Å². The average molecular weight is 240 g/mol. The van der Waals surface area contributed by atoms with Crippen molar-refractivity contribution in [1.29, 1.82) is 0 Å². The second-order valence-corrected chi connectivity index (χ2v) is 4.29. The molecule has 1 aromatic carbocycles. The number of hydrogen-bond acceptors (Lipinski definition) is 2. The van der Waals surface area contributed by atoms with Crippen LogP contribution in [0.15, 0.2) is 12.1 Å². The van der Waals surface area contributed by atoms with Gasteiger partial charge in [0.1, 0.15) is 11.6 Å². The molecule has 2 rings (SSSR count). The van der Waals surface area contributed by atoms with Crippen LogP contribution in [0.4, 0.5) is 8.78 Å². The van der Waals surface area contributed by atoms with Gasteiger partial charge in [-0.2, -0.15) is 4.39 Å². The Morgan fingerprint density at radius 1 is 1.29 bits per heavy atom. The number of phenolic OH excluding ortho intramolecular Hbond substituents is 1. The van der Waals surface area contributed by atoms with Crippen molar-refractivity contribution in [2.45, 2.75) is 6.42 Å². The molecular weight excluding hydrogens is 226 g/mol. The summed E-state index contributed by atoms with van der Waals surface area (Å²) in [5.41, 5.74) is 0.349. The van der Waals surface area contributed by atoms with E-state index >= 15 is 0 Å². The summed E-state index contributed by atoms with van der Waals surface area (Å²) in [5, 5.41) is 9.93. The number of likely N-dealkylation sites (N-methyl/N-ethyl adjacent to an activating group) is 1. The molecule has 1 heterocycles. The molecule has 2 N–H and O–H groups in total. The van der Waals surface area contributed by atoms with E-state index < -0.39 is 11.8 Å². The molecule has 92 valence electrons. The largest absolute Gasteiger partial charge is 0.507 e. The summed E-state index contributed by atoms with van der Waals surface area (Å²) >= 11 is 0. The van der Waals surface area contributed by atoms with Crippen LogP contribution in [0.25, 0.3) is 10.9 Å². The molecule has 0 saturated heterocycles. The van der Waals surface area contributed by atoms with E-state index in [9.17, 15) is 13.9 Å².